The molecule has 0 unspecified atom stereocenters. The summed E-state index contributed by atoms with van der Waals surface area (Å²) >= 11 is 0. The third kappa shape index (κ3) is 5.76. The summed E-state index contributed by atoms with van der Waals surface area (Å²) in [5, 5.41) is 5.44. The fourth-order valence-corrected chi connectivity index (χ4v) is 2.10. The predicted octanol–water partition coefficient (Wildman–Crippen LogP) is 4.68. The fraction of sp³-hybridized carbons (Fsp3) is 0.263. The molecule has 0 fully saturated rings. The molecule has 126 valence electrons. The summed E-state index contributed by atoms with van der Waals surface area (Å²) in [5.41, 5.74) is 1.79. The highest BCUT2D eigenvalue weighted by Gasteiger charge is 2.08. The highest BCUT2D eigenvalue weighted by molar-refractivity contribution is 6.00. The molecule has 0 aromatic heterocycles. The largest absolute Gasteiger partial charge is 0.462 e. The molecule has 0 aliphatic carbocycles. The Bertz CT molecular complexity index is 654. The van der Waals surface area contributed by atoms with Gasteiger partial charge in [-0.05, 0) is 42.8 Å². The minimum atomic E-state index is -0.341. The number of carbonyl (C=O) groups excluding carboxylic acids is 2. The number of ether oxygens (including phenoxy) is 1. The zero-order valence-electron chi connectivity index (χ0n) is 13.7. The summed E-state index contributed by atoms with van der Waals surface area (Å²) in [6.07, 6.45) is 3.01. The van der Waals surface area contributed by atoms with Gasteiger partial charge in [-0.1, -0.05) is 38.0 Å². The first kappa shape index (κ1) is 17.5. The number of unbranched alkanes of at least 4 members (excludes halogenated alkanes) is 2. The first-order valence-electron chi connectivity index (χ1n) is 8.09. The lowest BCUT2D eigenvalue weighted by Crippen LogP contribution is -2.19. The van der Waals surface area contributed by atoms with Crippen molar-refractivity contribution >= 4 is 23.4 Å². The Labute approximate surface area is 142 Å². The Morgan fingerprint density at radius 3 is 2.12 bits per heavy atom. The van der Waals surface area contributed by atoms with Crippen molar-refractivity contribution in [2.75, 3.05) is 17.2 Å². The van der Waals surface area contributed by atoms with Crippen molar-refractivity contribution < 1.29 is 14.3 Å². The van der Waals surface area contributed by atoms with E-state index in [1.807, 2.05) is 18.2 Å². The number of hydrogen-bond acceptors (Lipinski definition) is 3. The van der Waals surface area contributed by atoms with Crippen LogP contribution >= 0.6 is 0 Å². The van der Waals surface area contributed by atoms with Crippen molar-refractivity contribution in [1.82, 2.24) is 0 Å². The van der Waals surface area contributed by atoms with Gasteiger partial charge in [0, 0.05) is 11.4 Å². The Morgan fingerprint density at radius 2 is 1.50 bits per heavy atom. The fourth-order valence-electron chi connectivity index (χ4n) is 2.10. The summed E-state index contributed by atoms with van der Waals surface area (Å²) in [7, 11) is 0. The molecule has 0 spiro atoms. The number of rotatable bonds is 7. The highest BCUT2D eigenvalue weighted by atomic mass is 16.5. The van der Waals surface area contributed by atoms with E-state index in [1.165, 1.54) is 0 Å². The zero-order valence-corrected chi connectivity index (χ0v) is 13.7. The van der Waals surface area contributed by atoms with Crippen LogP contribution in [0.3, 0.4) is 0 Å². The van der Waals surface area contributed by atoms with Crippen LogP contribution in [0.2, 0.25) is 0 Å². The number of nitrogens with one attached hydrogen (secondary N) is 2. The lowest BCUT2D eigenvalue weighted by atomic mass is 10.2. The van der Waals surface area contributed by atoms with Crippen LogP contribution in [0.1, 0.15) is 36.5 Å². The van der Waals surface area contributed by atoms with E-state index in [0.29, 0.717) is 23.5 Å². The molecule has 5 nitrogen and oxygen atoms in total. The van der Waals surface area contributed by atoms with Crippen molar-refractivity contribution in [3.63, 3.8) is 0 Å². The van der Waals surface area contributed by atoms with Gasteiger partial charge in [-0.15, -0.1) is 0 Å². The van der Waals surface area contributed by atoms with Crippen LogP contribution < -0.4 is 10.6 Å². The van der Waals surface area contributed by atoms with Crippen molar-refractivity contribution in [3.05, 3.63) is 60.2 Å². The van der Waals surface area contributed by atoms with E-state index in [0.717, 1.165) is 19.3 Å². The van der Waals surface area contributed by atoms with E-state index < -0.39 is 0 Å². The maximum atomic E-state index is 11.9. The molecule has 0 aliphatic rings. The highest BCUT2D eigenvalue weighted by Crippen LogP contribution is 2.12. The minimum Gasteiger partial charge on any atom is -0.462 e. The third-order valence-electron chi connectivity index (χ3n) is 3.39. The van der Waals surface area contributed by atoms with E-state index >= 15 is 0 Å². The molecule has 5 heteroatoms. The monoisotopic (exact) mass is 326 g/mol. The van der Waals surface area contributed by atoms with Gasteiger partial charge in [0.25, 0.3) is 0 Å². The molecule has 2 aromatic carbocycles. The standard InChI is InChI=1S/C19H22N2O3/c1-2-3-7-14-24-18(22)15-10-12-17(13-11-15)21-19(23)20-16-8-5-4-6-9-16/h4-6,8-13H,2-3,7,14H2,1H3,(H2,20,21,23). The Hall–Kier alpha value is -2.82. The van der Waals surface area contributed by atoms with Gasteiger partial charge < -0.3 is 15.4 Å². The van der Waals surface area contributed by atoms with Crippen LogP contribution in [0.25, 0.3) is 0 Å². The molecule has 2 rings (SSSR count). The summed E-state index contributed by atoms with van der Waals surface area (Å²) < 4.78 is 5.19. The Balaban J connectivity index is 1.83. The van der Waals surface area contributed by atoms with Gasteiger partial charge in [0.15, 0.2) is 0 Å². The summed E-state index contributed by atoms with van der Waals surface area (Å²) in [6.45, 7) is 2.54. The van der Waals surface area contributed by atoms with E-state index in [-0.39, 0.29) is 12.0 Å². The third-order valence-corrected chi connectivity index (χ3v) is 3.39. The lowest BCUT2D eigenvalue weighted by Gasteiger charge is -2.08. The molecular weight excluding hydrogens is 304 g/mol. The quantitative estimate of drug-likeness (QED) is 0.573. The molecule has 0 heterocycles. The number of urea groups is 1. The number of esters is 1. The molecule has 0 bridgehead atoms. The number of benzene rings is 2. The first-order chi connectivity index (χ1) is 11.7. The Morgan fingerprint density at radius 1 is 0.875 bits per heavy atom. The molecule has 2 amide bonds. The number of para-hydroxylation sites is 1. The van der Waals surface area contributed by atoms with Crippen LogP contribution in [-0.4, -0.2) is 18.6 Å². The second-order valence-corrected chi connectivity index (χ2v) is 5.37. The summed E-state index contributed by atoms with van der Waals surface area (Å²) in [6, 6.07) is 15.5. The van der Waals surface area contributed by atoms with Gasteiger partial charge in [0.05, 0.1) is 12.2 Å². The summed E-state index contributed by atoms with van der Waals surface area (Å²) in [5.74, 6) is -0.341. The number of amides is 2. The van der Waals surface area contributed by atoms with Crippen LogP contribution in [0.5, 0.6) is 0 Å². The second-order valence-electron chi connectivity index (χ2n) is 5.37. The predicted molar refractivity (Wildman–Crippen MR) is 95.3 cm³/mol. The molecule has 2 N–H and O–H groups in total. The maximum Gasteiger partial charge on any atom is 0.338 e. The van der Waals surface area contributed by atoms with Crippen LogP contribution in [-0.2, 0) is 4.74 Å². The van der Waals surface area contributed by atoms with Gasteiger partial charge in [0.2, 0.25) is 0 Å². The molecule has 0 saturated heterocycles. The smallest absolute Gasteiger partial charge is 0.338 e. The average molecular weight is 326 g/mol. The van der Waals surface area contributed by atoms with Gasteiger partial charge in [-0.2, -0.15) is 0 Å². The maximum absolute atomic E-state index is 11.9. The Kier molecular flexibility index (Phi) is 6.83. The molecule has 0 aliphatic heterocycles. The topological polar surface area (TPSA) is 67.4 Å². The van der Waals surface area contributed by atoms with Crippen molar-refractivity contribution in [3.8, 4) is 0 Å². The molecule has 0 radical (unpaired) electrons. The number of hydrogen-bond donors (Lipinski definition) is 2. The van der Waals surface area contributed by atoms with Crippen molar-refractivity contribution in [1.29, 1.82) is 0 Å². The number of carbonyl (C=O) groups is 2. The molecule has 24 heavy (non-hydrogen) atoms. The summed E-state index contributed by atoms with van der Waals surface area (Å²) in [4.78, 5) is 23.8. The van der Waals surface area contributed by atoms with Gasteiger partial charge in [0.1, 0.15) is 0 Å². The van der Waals surface area contributed by atoms with Gasteiger partial charge >= 0.3 is 12.0 Å². The van der Waals surface area contributed by atoms with Crippen LogP contribution in [0.15, 0.2) is 54.6 Å². The van der Waals surface area contributed by atoms with Crippen molar-refractivity contribution in [2.24, 2.45) is 0 Å². The van der Waals surface area contributed by atoms with Gasteiger partial charge in [-0.3, -0.25) is 0 Å². The number of anilines is 2. The van der Waals surface area contributed by atoms with Crippen LogP contribution in [0.4, 0.5) is 16.2 Å². The second kappa shape index (κ2) is 9.35. The zero-order chi connectivity index (χ0) is 17.2. The van der Waals surface area contributed by atoms with Gasteiger partial charge in [-0.25, -0.2) is 9.59 Å². The SMILES string of the molecule is CCCCCOC(=O)c1ccc(NC(=O)Nc2ccccc2)cc1. The lowest BCUT2D eigenvalue weighted by molar-refractivity contribution is 0.0498. The van der Waals surface area contributed by atoms with Crippen molar-refractivity contribution in [2.45, 2.75) is 26.2 Å². The van der Waals surface area contributed by atoms with E-state index in [9.17, 15) is 9.59 Å². The first-order valence-corrected chi connectivity index (χ1v) is 8.09. The van der Waals surface area contributed by atoms with Crippen LogP contribution in [0, 0.1) is 0 Å². The molecule has 2 aromatic rings. The van der Waals surface area contributed by atoms with E-state index in [1.54, 1.807) is 36.4 Å². The molecule has 0 atom stereocenters. The molecular formula is C19H22N2O3. The normalized spacial score (nSPS) is 10.0. The molecule has 0 saturated carbocycles. The average Bonchev–Trinajstić information content (AvgIpc) is 2.60. The van der Waals surface area contributed by atoms with E-state index in [2.05, 4.69) is 17.6 Å². The van der Waals surface area contributed by atoms with E-state index in [4.69, 9.17) is 4.74 Å². The minimum absolute atomic E-state index is 0.337.